The summed E-state index contributed by atoms with van der Waals surface area (Å²) >= 11 is 0. The molecule has 1 aromatic heterocycles. The summed E-state index contributed by atoms with van der Waals surface area (Å²) in [6.07, 6.45) is 8.45. The van der Waals surface area contributed by atoms with Gasteiger partial charge in [0.05, 0.1) is 11.6 Å². The third-order valence-corrected chi connectivity index (χ3v) is 12.2. The number of rotatable bonds is 6. The van der Waals surface area contributed by atoms with Crippen molar-refractivity contribution in [3.05, 3.63) is 151 Å². The molecule has 7 aromatic rings. The zero-order chi connectivity index (χ0) is 34.6. The molecule has 0 aliphatic heterocycles. The molecule has 0 spiro atoms. The Morgan fingerprint density at radius 3 is 1.65 bits per heavy atom. The maximum atomic E-state index is 10.2. The van der Waals surface area contributed by atoms with E-state index in [1.807, 2.05) is 60.7 Å². The average Bonchev–Trinajstić information content (AvgIpc) is 3.20. The lowest BCUT2D eigenvalue weighted by atomic mass is 9.48. The van der Waals surface area contributed by atoms with Crippen molar-refractivity contribution in [2.24, 2.45) is 17.8 Å². The van der Waals surface area contributed by atoms with Gasteiger partial charge in [0.15, 0.2) is 17.5 Å². The van der Waals surface area contributed by atoms with Gasteiger partial charge in [-0.3, -0.25) is 0 Å². The highest BCUT2D eigenvalue weighted by molar-refractivity contribution is 6.07. The van der Waals surface area contributed by atoms with Gasteiger partial charge in [-0.1, -0.05) is 127 Å². The van der Waals surface area contributed by atoms with Crippen LogP contribution in [0.4, 0.5) is 0 Å². The predicted octanol–water partition coefficient (Wildman–Crippen LogP) is 11.7. The van der Waals surface area contributed by atoms with Gasteiger partial charge < -0.3 is 0 Å². The molecule has 0 saturated heterocycles. The molecule has 0 unspecified atom stereocenters. The van der Waals surface area contributed by atoms with Crippen molar-refractivity contribution in [3.63, 3.8) is 0 Å². The Bertz CT molecular complexity index is 2460. The molecule has 0 radical (unpaired) electrons. The topological polar surface area (TPSA) is 62.5 Å². The summed E-state index contributed by atoms with van der Waals surface area (Å²) < 4.78 is 0. The van der Waals surface area contributed by atoms with E-state index in [2.05, 4.69) is 84.9 Å². The molecule has 0 atom stereocenters. The number of nitriles is 1. The van der Waals surface area contributed by atoms with E-state index in [-0.39, 0.29) is 0 Å². The fraction of sp³-hybridized carbons (Fsp3) is 0.208. The molecule has 4 saturated carbocycles. The molecule has 0 N–H and O–H groups in total. The first-order chi connectivity index (χ1) is 25.6. The lowest BCUT2D eigenvalue weighted by Gasteiger charge is -2.57. The highest BCUT2D eigenvalue weighted by atomic mass is 15.0. The van der Waals surface area contributed by atoms with Gasteiger partial charge in [-0.15, -0.1) is 0 Å². The van der Waals surface area contributed by atoms with Crippen LogP contribution in [0.5, 0.6) is 0 Å². The normalized spacial score (nSPS) is 21.6. The molecule has 4 nitrogen and oxygen atoms in total. The minimum absolute atomic E-state index is 0.366. The van der Waals surface area contributed by atoms with Gasteiger partial charge >= 0.3 is 0 Å². The van der Waals surface area contributed by atoms with Crippen LogP contribution in [-0.4, -0.2) is 15.0 Å². The zero-order valence-electron chi connectivity index (χ0n) is 29.0. The van der Waals surface area contributed by atoms with Gasteiger partial charge in [-0.2, -0.15) is 5.26 Å². The van der Waals surface area contributed by atoms with Crippen molar-refractivity contribution in [2.45, 2.75) is 43.9 Å². The van der Waals surface area contributed by atoms with E-state index in [1.54, 1.807) is 0 Å². The number of aromatic nitrogens is 3. The minimum atomic E-state index is 0.366. The summed E-state index contributed by atoms with van der Waals surface area (Å²) in [7, 11) is 0. The van der Waals surface area contributed by atoms with Crippen LogP contribution in [0, 0.1) is 29.1 Å². The van der Waals surface area contributed by atoms with E-state index >= 15 is 0 Å². The van der Waals surface area contributed by atoms with Crippen LogP contribution in [0.1, 0.15) is 49.7 Å². The second kappa shape index (κ2) is 12.4. The van der Waals surface area contributed by atoms with E-state index < -0.39 is 0 Å². The van der Waals surface area contributed by atoms with Crippen molar-refractivity contribution in [1.82, 2.24) is 15.0 Å². The molecular formula is C48H38N4. The van der Waals surface area contributed by atoms with Crippen molar-refractivity contribution >= 4 is 10.8 Å². The highest BCUT2D eigenvalue weighted by Gasteiger charge is 2.51. The van der Waals surface area contributed by atoms with Crippen molar-refractivity contribution in [3.8, 4) is 62.5 Å². The number of hydrogen-bond donors (Lipinski definition) is 0. The van der Waals surface area contributed by atoms with Crippen LogP contribution < -0.4 is 0 Å². The fourth-order valence-corrected chi connectivity index (χ4v) is 10.3. The van der Waals surface area contributed by atoms with Crippen LogP contribution in [0.2, 0.25) is 0 Å². The Kier molecular flexibility index (Phi) is 7.35. The molecule has 6 aromatic carbocycles. The molecule has 4 heteroatoms. The molecule has 0 amide bonds. The molecule has 4 bridgehead atoms. The largest absolute Gasteiger partial charge is 0.208 e. The number of benzene rings is 6. The highest BCUT2D eigenvalue weighted by Crippen LogP contribution is 2.60. The quantitative estimate of drug-likeness (QED) is 0.177. The first-order valence-corrected chi connectivity index (χ1v) is 18.7. The standard InChI is InChI=1S/C48H38N4/c49-30-37-14-9-17-41-43(23-22-40(44(37)41)34-10-3-1-4-11-34)47-51-45(36-12-5-2-6-13-36)50-46(52-47)42-16-8-7-15-39(42)35-18-20-38(21-19-35)48-27-31-24-32(28-48)26-33(25-31)29-48/h1-23,31-33H,24-29H2/t31-,32-,33-,48?. The van der Waals surface area contributed by atoms with Gasteiger partial charge in [0.2, 0.25) is 0 Å². The monoisotopic (exact) mass is 670 g/mol. The lowest BCUT2D eigenvalue weighted by Crippen LogP contribution is -2.48. The van der Waals surface area contributed by atoms with Crippen LogP contribution in [0.3, 0.4) is 0 Å². The SMILES string of the molecule is N#Cc1cccc2c(-c3nc(-c4ccccc4)nc(-c4ccccc4-c4ccc(C56C[C@H]7C[C@H](C5)C[C@@H](C6)C7)cc4)n3)ccc(-c3ccccc3)c12. The van der Waals surface area contributed by atoms with Crippen molar-refractivity contribution in [1.29, 1.82) is 5.26 Å². The molecule has 1 heterocycles. The molecule has 4 fully saturated rings. The van der Waals surface area contributed by atoms with Crippen molar-refractivity contribution in [2.75, 3.05) is 0 Å². The van der Waals surface area contributed by atoms with Crippen LogP contribution in [-0.2, 0) is 5.41 Å². The van der Waals surface area contributed by atoms with Crippen LogP contribution in [0.15, 0.2) is 140 Å². The van der Waals surface area contributed by atoms with Crippen LogP contribution in [0.25, 0.3) is 67.2 Å². The Morgan fingerprint density at radius 2 is 1.00 bits per heavy atom. The van der Waals surface area contributed by atoms with Gasteiger partial charge in [0.25, 0.3) is 0 Å². The van der Waals surface area contributed by atoms with Gasteiger partial charge in [-0.25, -0.2) is 15.0 Å². The third-order valence-electron chi connectivity index (χ3n) is 12.2. The van der Waals surface area contributed by atoms with Gasteiger partial charge in [0, 0.05) is 22.1 Å². The number of hydrogen-bond acceptors (Lipinski definition) is 4. The van der Waals surface area contributed by atoms with E-state index in [0.29, 0.717) is 28.5 Å². The summed E-state index contributed by atoms with van der Waals surface area (Å²) in [4.78, 5) is 15.5. The maximum Gasteiger partial charge on any atom is 0.164 e. The average molecular weight is 671 g/mol. The van der Waals surface area contributed by atoms with Crippen LogP contribution >= 0.6 is 0 Å². The Morgan fingerprint density at radius 1 is 0.462 bits per heavy atom. The molecule has 11 rings (SSSR count). The first kappa shape index (κ1) is 30.9. The predicted molar refractivity (Wildman–Crippen MR) is 209 cm³/mol. The summed E-state index contributed by atoms with van der Waals surface area (Å²) in [5.74, 6) is 4.58. The second-order valence-electron chi connectivity index (χ2n) is 15.4. The van der Waals surface area contributed by atoms with Crippen molar-refractivity contribution < 1.29 is 0 Å². The summed E-state index contributed by atoms with van der Waals surface area (Å²) in [6.45, 7) is 0. The minimum Gasteiger partial charge on any atom is -0.208 e. The molecule has 4 aliphatic rings. The number of fused-ring (bicyclic) bond motifs is 1. The van der Waals surface area contributed by atoms with Gasteiger partial charge in [0.1, 0.15) is 0 Å². The maximum absolute atomic E-state index is 10.2. The fourth-order valence-electron chi connectivity index (χ4n) is 10.3. The van der Waals surface area contributed by atoms with E-state index in [4.69, 9.17) is 15.0 Å². The molecular weight excluding hydrogens is 633 g/mol. The Balaban J connectivity index is 1.11. The molecule has 52 heavy (non-hydrogen) atoms. The first-order valence-electron chi connectivity index (χ1n) is 18.7. The third kappa shape index (κ3) is 5.23. The summed E-state index contributed by atoms with van der Waals surface area (Å²) in [5, 5.41) is 12.1. The zero-order valence-corrected chi connectivity index (χ0v) is 29.0. The van der Waals surface area contributed by atoms with E-state index in [0.717, 1.165) is 61.9 Å². The van der Waals surface area contributed by atoms with Gasteiger partial charge in [-0.05, 0) is 107 Å². The smallest absolute Gasteiger partial charge is 0.164 e. The number of nitrogens with zero attached hydrogens (tertiary/aromatic N) is 4. The lowest BCUT2D eigenvalue weighted by molar-refractivity contribution is -0.00518. The Hall–Kier alpha value is -5.92. The molecule has 250 valence electrons. The summed E-state index contributed by atoms with van der Waals surface area (Å²) in [5.41, 5.74) is 9.62. The summed E-state index contributed by atoms with van der Waals surface area (Å²) in [6, 6.07) is 50.9. The molecule has 4 aliphatic carbocycles. The Labute approximate surface area is 304 Å². The van der Waals surface area contributed by atoms with E-state index in [9.17, 15) is 5.26 Å². The second-order valence-corrected chi connectivity index (χ2v) is 15.4. The van der Waals surface area contributed by atoms with E-state index in [1.165, 1.54) is 49.7 Å².